The molecule has 3 aromatic heterocycles. The number of carbonyl (C=O) groups excluding carboxylic acids is 5. The highest BCUT2D eigenvalue weighted by Gasteiger charge is 2.49. The fraction of sp³-hybridized carbons (Fsp3) is 0.400. The molecule has 18 heteroatoms. The highest BCUT2D eigenvalue weighted by Crippen LogP contribution is 2.41. The van der Waals surface area contributed by atoms with Gasteiger partial charge >= 0.3 is 0 Å². The molecule has 1 atom stereocenters. The Balaban J connectivity index is 0.839. The van der Waals surface area contributed by atoms with E-state index in [9.17, 15) is 24.0 Å². The van der Waals surface area contributed by atoms with E-state index in [-0.39, 0.29) is 67.4 Å². The minimum absolute atomic E-state index is 0.0137. The van der Waals surface area contributed by atoms with Gasteiger partial charge in [-0.1, -0.05) is 0 Å². The van der Waals surface area contributed by atoms with Crippen LogP contribution < -0.4 is 25.0 Å². The SMILES string of the molecule is COc1cc(N2CC(F)(CN3CCC(n4cc5cc(NC(=O)c6cnn7cccnc67)c(OC(C)C)cc5n4)CC3)C2)cc2c1C(=O)N(C1CCC(=O)NC1=O)C2=O. The average molecular weight is 793 g/mol. The molecule has 0 saturated carbocycles. The third kappa shape index (κ3) is 6.55. The number of rotatable bonds is 10. The van der Waals surface area contributed by atoms with Gasteiger partial charge in [-0.15, -0.1) is 0 Å². The highest BCUT2D eigenvalue weighted by atomic mass is 19.1. The van der Waals surface area contributed by atoms with Crippen molar-refractivity contribution in [2.75, 3.05) is 50.1 Å². The molecule has 3 fully saturated rings. The molecule has 0 spiro atoms. The predicted octanol–water partition coefficient (Wildman–Crippen LogP) is 3.39. The number of nitrogens with zero attached hydrogens (tertiary/aromatic N) is 8. The highest BCUT2D eigenvalue weighted by molar-refractivity contribution is 6.25. The van der Waals surface area contributed by atoms with Crippen molar-refractivity contribution in [1.29, 1.82) is 0 Å². The molecule has 7 heterocycles. The summed E-state index contributed by atoms with van der Waals surface area (Å²) in [7, 11) is 1.38. The molecule has 5 amide bonds. The van der Waals surface area contributed by atoms with Gasteiger partial charge in [0.15, 0.2) is 11.3 Å². The largest absolute Gasteiger partial charge is 0.496 e. The lowest BCUT2D eigenvalue weighted by atomic mass is 9.92. The third-order valence-corrected chi connectivity index (χ3v) is 11.2. The number of aromatic nitrogens is 5. The number of fused-ring (bicyclic) bond motifs is 3. The molecule has 9 rings (SSSR count). The number of carbonyl (C=O) groups is 5. The number of piperidine rings is 2. The van der Waals surface area contributed by atoms with Crippen LogP contribution in [0.5, 0.6) is 11.5 Å². The summed E-state index contributed by atoms with van der Waals surface area (Å²) in [5.41, 5.74) is 1.19. The van der Waals surface area contributed by atoms with Gasteiger partial charge in [0.2, 0.25) is 11.8 Å². The van der Waals surface area contributed by atoms with Crippen molar-refractivity contribution in [1.82, 2.24) is 39.5 Å². The lowest BCUT2D eigenvalue weighted by Crippen LogP contribution is -2.64. The lowest BCUT2D eigenvalue weighted by Gasteiger charge is -2.48. The van der Waals surface area contributed by atoms with Crippen molar-refractivity contribution < 1.29 is 37.8 Å². The Hall–Kier alpha value is -6.43. The molecule has 4 aliphatic rings. The molecular formula is C40H41FN10O7. The maximum atomic E-state index is 16.2. The first kappa shape index (κ1) is 37.2. The van der Waals surface area contributed by atoms with Gasteiger partial charge in [0.1, 0.15) is 23.1 Å². The second kappa shape index (κ2) is 14.2. The molecule has 4 aliphatic heterocycles. The van der Waals surface area contributed by atoms with Crippen molar-refractivity contribution in [3.05, 3.63) is 71.8 Å². The van der Waals surface area contributed by atoms with Crippen molar-refractivity contribution in [2.45, 2.75) is 63.4 Å². The molecule has 0 bridgehead atoms. The number of hydrogen-bond donors (Lipinski definition) is 2. The maximum Gasteiger partial charge on any atom is 0.266 e. The summed E-state index contributed by atoms with van der Waals surface area (Å²) in [6.07, 6.45) is 8.20. The zero-order chi connectivity index (χ0) is 40.5. The zero-order valence-corrected chi connectivity index (χ0v) is 32.1. The number of likely N-dealkylation sites (tertiary alicyclic amines) is 1. The first-order valence-corrected chi connectivity index (χ1v) is 19.3. The standard InChI is InChI=1S/C40H41FN10O7/c1-22(2)58-31-16-28-23(13-29(31)44-36(53)27-17-43-49-10-4-9-42-35(27)49)18-50(46-28)24-7-11-47(12-8-24)19-40(41)20-48(21-40)25-14-26-34(32(15-25)57-3)39(56)51(38(26)55)30-5-6-33(52)45-37(30)54/h4,9-10,13-18,22,24,30H,5-8,11-12,19-21H2,1-3H3,(H,44,53)(H,45,52,54). The van der Waals surface area contributed by atoms with E-state index >= 15 is 4.39 Å². The number of alkyl halides is 1. The van der Waals surface area contributed by atoms with Gasteiger partial charge < -0.3 is 19.7 Å². The monoisotopic (exact) mass is 792 g/mol. The normalized spacial score (nSPS) is 19.8. The zero-order valence-electron chi connectivity index (χ0n) is 32.1. The number of amides is 5. The van der Waals surface area contributed by atoms with Gasteiger partial charge in [-0.25, -0.2) is 13.9 Å². The molecule has 1 unspecified atom stereocenters. The smallest absolute Gasteiger partial charge is 0.266 e. The molecule has 17 nitrogen and oxygen atoms in total. The Kier molecular flexibility index (Phi) is 9.09. The first-order valence-electron chi connectivity index (χ1n) is 19.3. The number of benzene rings is 2. The first-order chi connectivity index (χ1) is 27.9. The van der Waals surface area contributed by atoms with Gasteiger partial charge in [-0.3, -0.25) is 43.8 Å². The summed E-state index contributed by atoms with van der Waals surface area (Å²) < 4.78 is 31.3. The second-order valence-corrected chi connectivity index (χ2v) is 15.6. The Morgan fingerprint density at radius 2 is 1.84 bits per heavy atom. The van der Waals surface area contributed by atoms with Crippen molar-refractivity contribution in [2.24, 2.45) is 0 Å². The van der Waals surface area contributed by atoms with Crippen LogP contribution in [0, 0.1) is 0 Å². The number of methoxy groups -OCH3 is 1. The molecule has 3 saturated heterocycles. The van der Waals surface area contributed by atoms with Crippen molar-refractivity contribution in [3.8, 4) is 11.5 Å². The Morgan fingerprint density at radius 1 is 1.05 bits per heavy atom. The topological polar surface area (TPSA) is 186 Å². The van der Waals surface area contributed by atoms with Crippen LogP contribution in [0.25, 0.3) is 16.6 Å². The van der Waals surface area contributed by atoms with Crippen LogP contribution in [-0.4, -0.2) is 121 Å². The molecule has 58 heavy (non-hydrogen) atoms. The van der Waals surface area contributed by atoms with E-state index in [4.69, 9.17) is 14.6 Å². The Morgan fingerprint density at radius 3 is 2.59 bits per heavy atom. The number of halogens is 1. The van der Waals surface area contributed by atoms with Gasteiger partial charge in [0, 0.05) is 67.9 Å². The van der Waals surface area contributed by atoms with Crippen LogP contribution in [0.15, 0.2) is 55.1 Å². The minimum Gasteiger partial charge on any atom is -0.496 e. The maximum absolute atomic E-state index is 16.2. The molecule has 2 N–H and O–H groups in total. The van der Waals surface area contributed by atoms with Gasteiger partial charge in [0.05, 0.1) is 60.9 Å². The molecule has 300 valence electrons. The van der Waals surface area contributed by atoms with Crippen LogP contribution in [0.3, 0.4) is 0 Å². The van der Waals surface area contributed by atoms with Crippen LogP contribution in [-0.2, 0) is 9.59 Å². The van der Waals surface area contributed by atoms with Gasteiger partial charge in [-0.2, -0.15) is 10.2 Å². The van der Waals surface area contributed by atoms with E-state index < -0.39 is 35.3 Å². The van der Waals surface area contributed by atoms with E-state index in [1.54, 1.807) is 35.5 Å². The van der Waals surface area contributed by atoms with E-state index in [1.807, 2.05) is 36.9 Å². The number of hydrogen-bond acceptors (Lipinski definition) is 12. The molecule has 5 aromatic rings. The number of anilines is 2. The van der Waals surface area contributed by atoms with E-state index in [0.29, 0.717) is 41.4 Å². The summed E-state index contributed by atoms with van der Waals surface area (Å²) in [6.45, 7) is 5.58. The fourth-order valence-corrected chi connectivity index (χ4v) is 8.44. The average Bonchev–Trinajstić information content (AvgIpc) is 3.88. The second-order valence-electron chi connectivity index (χ2n) is 15.6. The van der Waals surface area contributed by atoms with Gasteiger partial charge in [-0.05, 0) is 51.3 Å². The lowest BCUT2D eigenvalue weighted by molar-refractivity contribution is -0.136. The van der Waals surface area contributed by atoms with E-state index in [2.05, 4.69) is 25.6 Å². The number of imide groups is 2. The molecular weight excluding hydrogens is 752 g/mol. The van der Waals surface area contributed by atoms with Crippen molar-refractivity contribution in [3.63, 3.8) is 0 Å². The Bertz CT molecular complexity index is 2520. The summed E-state index contributed by atoms with van der Waals surface area (Å²) in [4.78, 5) is 73.6. The van der Waals surface area contributed by atoms with Crippen LogP contribution in [0.2, 0.25) is 0 Å². The quantitative estimate of drug-likeness (QED) is 0.197. The number of ether oxygens (including phenoxy) is 2. The predicted molar refractivity (Wildman–Crippen MR) is 207 cm³/mol. The van der Waals surface area contributed by atoms with Gasteiger partial charge in [0.25, 0.3) is 17.7 Å². The van der Waals surface area contributed by atoms with E-state index in [1.165, 1.54) is 17.8 Å². The molecule has 0 aliphatic carbocycles. The van der Waals surface area contributed by atoms with Crippen LogP contribution in [0.4, 0.5) is 15.8 Å². The summed E-state index contributed by atoms with van der Waals surface area (Å²) >= 11 is 0. The van der Waals surface area contributed by atoms with Crippen LogP contribution >= 0.6 is 0 Å². The van der Waals surface area contributed by atoms with Crippen molar-refractivity contribution >= 4 is 57.5 Å². The fourth-order valence-electron chi connectivity index (χ4n) is 8.44. The summed E-state index contributed by atoms with van der Waals surface area (Å²) in [5.74, 6) is -2.16. The van der Waals surface area contributed by atoms with Crippen LogP contribution in [0.1, 0.15) is 76.6 Å². The minimum atomic E-state index is -1.49. The summed E-state index contributed by atoms with van der Waals surface area (Å²) in [5, 5.41) is 15.1. The van der Waals surface area contributed by atoms with E-state index in [0.717, 1.165) is 28.6 Å². The summed E-state index contributed by atoms with van der Waals surface area (Å²) in [6, 6.07) is 7.58. The number of nitrogens with one attached hydrogen (secondary N) is 2. The third-order valence-electron chi connectivity index (χ3n) is 11.2. The Labute approximate surface area is 331 Å². The molecule has 2 aromatic carbocycles. The molecule has 0 radical (unpaired) electrons.